The van der Waals surface area contributed by atoms with Crippen LogP contribution < -0.4 is 9.64 Å². The number of anilines is 1. The standard InChI is InChI=1S/C17H17F3N4O2/c1-12-6-7-15(22-21-12)23-8-10-24(11-9-23)16(25)13-4-2-3-5-14(13)26-17(18,19)20/h2-7H,8-11H2,1H3. The lowest BCUT2D eigenvalue weighted by Gasteiger charge is -2.35. The predicted molar refractivity (Wildman–Crippen MR) is 88.0 cm³/mol. The molecule has 26 heavy (non-hydrogen) atoms. The molecule has 2 aromatic rings. The van der Waals surface area contributed by atoms with E-state index in [0.29, 0.717) is 32.0 Å². The Kier molecular flexibility index (Phi) is 4.97. The van der Waals surface area contributed by atoms with Gasteiger partial charge in [-0.25, -0.2) is 0 Å². The lowest BCUT2D eigenvalue weighted by molar-refractivity contribution is -0.274. The lowest BCUT2D eigenvalue weighted by Crippen LogP contribution is -2.49. The van der Waals surface area contributed by atoms with Gasteiger partial charge in [-0.2, -0.15) is 5.10 Å². The Balaban J connectivity index is 1.68. The Morgan fingerprint density at radius 1 is 1.04 bits per heavy atom. The molecule has 0 saturated carbocycles. The third-order valence-corrected chi connectivity index (χ3v) is 4.02. The summed E-state index contributed by atoms with van der Waals surface area (Å²) in [7, 11) is 0. The molecule has 1 saturated heterocycles. The van der Waals surface area contributed by atoms with Gasteiger partial charge in [0.2, 0.25) is 0 Å². The molecule has 1 aliphatic heterocycles. The fourth-order valence-electron chi connectivity index (χ4n) is 2.73. The molecule has 1 aromatic heterocycles. The van der Waals surface area contributed by atoms with E-state index in [1.165, 1.54) is 23.1 Å². The summed E-state index contributed by atoms with van der Waals surface area (Å²) in [5, 5.41) is 8.12. The van der Waals surface area contributed by atoms with Crippen LogP contribution in [0.3, 0.4) is 0 Å². The Bertz CT molecular complexity index is 772. The van der Waals surface area contributed by atoms with Crippen LogP contribution in [-0.4, -0.2) is 53.5 Å². The quantitative estimate of drug-likeness (QED) is 0.836. The van der Waals surface area contributed by atoms with Crippen molar-refractivity contribution in [2.24, 2.45) is 0 Å². The normalized spacial score (nSPS) is 15.1. The van der Waals surface area contributed by atoms with E-state index in [-0.39, 0.29) is 5.56 Å². The topological polar surface area (TPSA) is 58.6 Å². The molecule has 1 fully saturated rings. The molecule has 9 heteroatoms. The van der Waals surface area contributed by atoms with E-state index in [1.807, 2.05) is 24.0 Å². The molecule has 0 atom stereocenters. The van der Waals surface area contributed by atoms with Crippen LogP contribution in [0.15, 0.2) is 36.4 Å². The molecule has 0 radical (unpaired) electrons. The van der Waals surface area contributed by atoms with Gasteiger partial charge in [-0.3, -0.25) is 4.79 Å². The first-order valence-corrected chi connectivity index (χ1v) is 8.03. The zero-order valence-electron chi connectivity index (χ0n) is 14.0. The van der Waals surface area contributed by atoms with Crippen LogP contribution in [-0.2, 0) is 0 Å². The minimum absolute atomic E-state index is 0.103. The number of hydrogen-bond acceptors (Lipinski definition) is 5. The second kappa shape index (κ2) is 7.19. The summed E-state index contributed by atoms with van der Waals surface area (Å²) in [4.78, 5) is 16.1. The van der Waals surface area contributed by atoms with Gasteiger partial charge < -0.3 is 14.5 Å². The highest BCUT2D eigenvalue weighted by Crippen LogP contribution is 2.27. The van der Waals surface area contributed by atoms with Gasteiger partial charge in [0.05, 0.1) is 11.3 Å². The number of rotatable bonds is 3. The molecule has 0 unspecified atom stereocenters. The van der Waals surface area contributed by atoms with Gasteiger partial charge in [-0.05, 0) is 31.2 Å². The fraction of sp³-hybridized carbons (Fsp3) is 0.353. The second-order valence-electron chi connectivity index (χ2n) is 5.86. The van der Waals surface area contributed by atoms with E-state index in [0.717, 1.165) is 11.8 Å². The van der Waals surface area contributed by atoms with Crippen LogP contribution in [0, 0.1) is 6.92 Å². The SMILES string of the molecule is Cc1ccc(N2CCN(C(=O)c3ccccc3OC(F)(F)F)CC2)nn1. The number of para-hydroxylation sites is 1. The maximum atomic E-state index is 12.6. The summed E-state index contributed by atoms with van der Waals surface area (Å²) in [6.45, 7) is 3.62. The molecule has 0 aliphatic carbocycles. The first-order chi connectivity index (χ1) is 12.3. The minimum Gasteiger partial charge on any atom is -0.405 e. The van der Waals surface area contributed by atoms with E-state index in [2.05, 4.69) is 14.9 Å². The Hall–Kier alpha value is -2.84. The van der Waals surface area contributed by atoms with E-state index in [9.17, 15) is 18.0 Å². The zero-order valence-corrected chi connectivity index (χ0v) is 14.0. The highest BCUT2D eigenvalue weighted by atomic mass is 19.4. The summed E-state index contributed by atoms with van der Waals surface area (Å²) in [5.74, 6) is -0.264. The summed E-state index contributed by atoms with van der Waals surface area (Å²) < 4.78 is 41.6. The van der Waals surface area contributed by atoms with Crippen LogP contribution in [0.1, 0.15) is 16.1 Å². The summed E-state index contributed by atoms with van der Waals surface area (Å²) in [6, 6.07) is 9.08. The van der Waals surface area contributed by atoms with Crippen molar-refractivity contribution in [3.05, 3.63) is 47.7 Å². The number of carbonyl (C=O) groups is 1. The highest BCUT2D eigenvalue weighted by Gasteiger charge is 2.34. The van der Waals surface area contributed by atoms with Gasteiger partial charge in [0, 0.05) is 26.2 Å². The zero-order chi connectivity index (χ0) is 18.7. The van der Waals surface area contributed by atoms with Crippen molar-refractivity contribution in [3.63, 3.8) is 0 Å². The smallest absolute Gasteiger partial charge is 0.405 e. The van der Waals surface area contributed by atoms with Crippen molar-refractivity contribution in [1.29, 1.82) is 0 Å². The largest absolute Gasteiger partial charge is 0.573 e. The van der Waals surface area contributed by atoms with Crippen molar-refractivity contribution in [2.75, 3.05) is 31.1 Å². The number of amides is 1. The molecule has 3 rings (SSSR count). The Labute approximate surface area is 148 Å². The van der Waals surface area contributed by atoms with Gasteiger partial charge >= 0.3 is 6.36 Å². The molecule has 1 aromatic carbocycles. The number of nitrogens with zero attached hydrogens (tertiary/aromatic N) is 4. The van der Waals surface area contributed by atoms with Crippen molar-refractivity contribution in [3.8, 4) is 5.75 Å². The van der Waals surface area contributed by atoms with Gasteiger partial charge in [-0.1, -0.05) is 12.1 Å². The van der Waals surface area contributed by atoms with Crippen LogP contribution in [0.2, 0.25) is 0 Å². The van der Waals surface area contributed by atoms with Gasteiger partial charge in [0.1, 0.15) is 5.75 Å². The summed E-state index contributed by atoms with van der Waals surface area (Å²) in [6.07, 6.45) is -4.85. The average molecular weight is 366 g/mol. The first kappa shape index (κ1) is 18.0. The van der Waals surface area contributed by atoms with Crippen LogP contribution >= 0.6 is 0 Å². The van der Waals surface area contributed by atoms with Crippen LogP contribution in [0.25, 0.3) is 0 Å². The molecule has 2 heterocycles. The maximum absolute atomic E-state index is 12.6. The number of halogens is 3. The number of piperazine rings is 1. The number of aryl methyl sites for hydroxylation is 1. The van der Waals surface area contributed by atoms with E-state index < -0.39 is 18.0 Å². The van der Waals surface area contributed by atoms with Gasteiger partial charge in [-0.15, -0.1) is 18.3 Å². The molecule has 0 N–H and O–H groups in total. The van der Waals surface area contributed by atoms with Gasteiger partial charge in [0.15, 0.2) is 5.82 Å². The molecular weight excluding hydrogens is 349 g/mol. The number of alkyl halides is 3. The third kappa shape index (κ3) is 4.22. The predicted octanol–water partition coefficient (Wildman–Crippen LogP) is 2.65. The van der Waals surface area contributed by atoms with Crippen molar-refractivity contribution < 1.29 is 22.7 Å². The molecule has 0 spiro atoms. The second-order valence-corrected chi connectivity index (χ2v) is 5.86. The van der Waals surface area contributed by atoms with E-state index in [4.69, 9.17) is 0 Å². The van der Waals surface area contributed by atoms with Crippen LogP contribution in [0.5, 0.6) is 5.75 Å². The average Bonchev–Trinajstić information content (AvgIpc) is 2.61. The van der Waals surface area contributed by atoms with Crippen molar-refractivity contribution >= 4 is 11.7 Å². The monoisotopic (exact) mass is 366 g/mol. The fourth-order valence-corrected chi connectivity index (χ4v) is 2.73. The number of hydrogen-bond donors (Lipinski definition) is 0. The number of benzene rings is 1. The molecule has 6 nitrogen and oxygen atoms in total. The van der Waals surface area contributed by atoms with E-state index in [1.54, 1.807) is 0 Å². The molecular formula is C17H17F3N4O2. The minimum atomic E-state index is -4.85. The molecule has 1 aliphatic rings. The number of ether oxygens (including phenoxy) is 1. The highest BCUT2D eigenvalue weighted by molar-refractivity contribution is 5.97. The maximum Gasteiger partial charge on any atom is 0.573 e. The van der Waals surface area contributed by atoms with Crippen LogP contribution in [0.4, 0.5) is 19.0 Å². The molecule has 0 bridgehead atoms. The number of aromatic nitrogens is 2. The Morgan fingerprint density at radius 3 is 2.35 bits per heavy atom. The van der Waals surface area contributed by atoms with E-state index >= 15 is 0 Å². The van der Waals surface area contributed by atoms with Crippen molar-refractivity contribution in [2.45, 2.75) is 13.3 Å². The summed E-state index contributed by atoms with van der Waals surface area (Å²) >= 11 is 0. The van der Waals surface area contributed by atoms with Crippen molar-refractivity contribution in [1.82, 2.24) is 15.1 Å². The molecule has 1 amide bonds. The summed E-state index contributed by atoms with van der Waals surface area (Å²) in [5.41, 5.74) is 0.706. The van der Waals surface area contributed by atoms with Gasteiger partial charge in [0.25, 0.3) is 5.91 Å². The number of carbonyl (C=O) groups excluding carboxylic acids is 1. The lowest BCUT2D eigenvalue weighted by atomic mass is 10.1. The molecule has 138 valence electrons. The third-order valence-electron chi connectivity index (χ3n) is 4.02. The Morgan fingerprint density at radius 2 is 1.73 bits per heavy atom. The first-order valence-electron chi connectivity index (χ1n) is 8.03.